The van der Waals surface area contributed by atoms with Gasteiger partial charge in [0.25, 0.3) is 0 Å². The predicted molar refractivity (Wildman–Crippen MR) is 48.8 cm³/mol. The van der Waals surface area contributed by atoms with Crippen molar-refractivity contribution >= 4 is 8.07 Å². The number of hydrogen-bond donors (Lipinski definition) is 1. The maximum absolute atomic E-state index is 8.56. The van der Waals surface area contributed by atoms with Crippen LogP contribution >= 0.6 is 0 Å². The Morgan fingerprint density at radius 2 is 1.90 bits per heavy atom. The molecule has 0 saturated carbocycles. The summed E-state index contributed by atoms with van der Waals surface area (Å²) in [7, 11) is -1.10. The Morgan fingerprint density at radius 3 is 2.20 bits per heavy atom. The van der Waals surface area contributed by atoms with E-state index in [1.807, 2.05) is 0 Å². The Bertz CT molecular complexity index is 113. The van der Waals surface area contributed by atoms with Crippen LogP contribution in [0.25, 0.3) is 0 Å². The minimum atomic E-state index is -1.10. The van der Waals surface area contributed by atoms with Crippen LogP contribution in [0, 0.1) is 0 Å². The highest BCUT2D eigenvalue weighted by Crippen LogP contribution is 2.16. The van der Waals surface area contributed by atoms with Crippen molar-refractivity contribution in [3.63, 3.8) is 0 Å². The van der Waals surface area contributed by atoms with E-state index in [0.29, 0.717) is 6.61 Å². The molecule has 0 aromatic carbocycles. The topological polar surface area (TPSA) is 20.2 Å². The quantitative estimate of drug-likeness (QED) is 0.622. The molecule has 0 unspecified atom stereocenters. The summed E-state index contributed by atoms with van der Waals surface area (Å²) in [5.41, 5.74) is 0. The first kappa shape index (κ1) is 9.92. The Kier molecular flexibility index (Phi) is 3.90. The molecule has 0 aliphatic heterocycles. The van der Waals surface area contributed by atoms with Crippen molar-refractivity contribution in [1.82, 2.24) is 0 Å². The lowest BCUT2D eigenvalue weighted by Crippen LogP contribution is -2.23. The monoisotopic (exact) mass is 158 g/mol. The van der Waals surface area contributed by atoms with Crippen molar-refractivity contribution in [2.45, 2.75) is 32.5 Å². The van der Waals surface area contributed by atoms with Gasteiger partial charge in [0.15, 0.2) is 0 Å². The van der Waals surface area contributed by atoms with E-state index >= 15 is 0 Å². The fourth-order valence-corrected chi connectivity index (χ4v) is 1.59. The summed E-state index contributed by atoms with van der Waals surface area (Å²) in [6.45, 7) is 11.2. The minimum Gasteiger partial charge on any atom is -0.396 e. The van der Waals surface area contributed by atoms with Crippen LogP contribution in [0.5, 0.6) is 0 Å². The molecule has 0 rings (SSSR count). The van der Waals surface area contributed by atoms with Gasteiger partial charge >= 0.3 is 0 Å². The highest BCUT2D eigenvalue weighted by molar-refractivity contribution is 6.82. The summed E-state index contributed by atoms with van der Waals surface area (Å²) in [6, 6.07) is 0. The van der Waals surface area contributed by atoms with E-state index in [9.17, 15) is 0 Å². The van der Waals surface area contributed by atoms with Gasteiger partial charge in [0.05, 0.1) is 8.07 Å². The van der Waals surface area contributed by atoms with E-state index in [-0.39, 0.29) is 0 Å². The average Bonchev–Trinajstić information content (AvgIpc) is 1.80. The van der Waals surface area contributed by atoms with Crippen LogP contribution in [0.2, 0.25) is 19.6 Å². The molecule has 0 saturated heterocycles. The van der Waals surface area contributed by atoms with Gasteiger partial charge in [0.1, 0.15) is 0 Å². The summed E-state index contributed by atoms with van der Waals surface area (Å²) in [5.74, 6) is 0. The Morgan fingerprint density at radius 1 is 1.40 bits per heavy atom. The van der Waals surface area contributed by atoms with Crippen molar-refractivity contribution in [3.05, 3.63) is 11.8 Å². The third kappa shape index (κ3) is 3.85. The zero-order valence-corrected chi connectivity index (χ0v) is 8.28. The van der Waals surface area contributed by atoms with E-state index in [1.54, 1.807) is 0 Å². The van der Waals surface area contributed by atoms with E-state index in [0.717, 1.165) is 12.8 Å². The van der Waals surface area contributed by atoms with Gasteiger partial charge in [-0.1, -0.05) is 24.8 Å². The molecule has 1 N–H and O–H groups in total. The van der Waals surface area contributed by atoms with Gasteiger partial charge in [-0.25, -0.2) is 0 Å². The summed E-state index contributed by atoms with van der Waals surface area (Å²) in [5, 5.41) is 9.92. The lowest BCUT2D eigenvalue weighted by molar-refractivity contribution is 0.289. The minimum absolute atomic E-state index is 0.295. The molecule has 0 heterocycles. The first-order valence-electron chi connectivity index (χ1n) is 3.77. The van der Waals surface area contributed by atoms with Gasteiger partial charge in [-0.2, -0.15) is 0 Å². The molecule has 0 fully saturated rings. The van der Waals surface area contributed by atoms with Crippen molar-refractivity contribution in [2.24, 2.45) is 0 Å². The zero-order valence-electron chi connectivity index (χ0n) is 7.28. The van der Waals surface area contributed by atoms with Crippen molar-refractivity contribution in [2.75, 3.05) is 6.61 Å². The van der Waals surface area contributed by atoms with E-state index in [4.69, 9.17) is 5.11 Å². The molecule has 0 aromatic heterocycles. The number of aliphatic hydroxyl groups is 1. The van der Waals surface area contributed by atoms with Gasteiger partial charge in [0.2, 0.25) is 0 Å². The first-order chi connectivity index (χ1) is 4.48. The van der Waals surface area contributed by atoms with E-state index in [1.165, 1.54) is 5.20 Å². The molecule has 60 valence electrons. The molecule has 0 aliphatic carbocycles. The molecular weight excluding hydrogens is 140 g/mol. The van der Waals surface area contributed by atoms with Crippen LogP contribution < -0.4 is 0 Å². The summed E-state index contributed by atoms with van der Waals surface area (Å²) >= 11 is 0. The summed E-state index contributed by atoms with van der Waals surface area (Å²) in [4.78, 5) is 0. The molecule has 0 amide bonds. The highest BCUT2D eigenvalue weighted by atomic mass is 28.3. The van der Waals surface area contributed by atoms with Gasteiger partial charge in [-0.3, -0.25) is 0 Å². The standard InChI is InChI=1S/C8H18OSi/c1-8(6-5-7-9)10(2,3)4/h9H,1,5-7H2,2-4H3. The van der Waals surface area contributed by atoms with Crippen LogP contribution in [-0.2, 0) is 0 Å². The number of aliphatic hydroxyl groups excluding tert-OH is 1. The molecule has 0 aliphatic rings. The van der Waals surface area contributed by atoms with Crippen molar-refractivity contribution in [3.8, 4) is 0 Å². The number of allylic oxidation sites excluding steroid dienone is 1. The van der Waals surface area contributed by atoms with Crippen LogP contribution in [0.15, 0.2) is 11.8 Å². The molecule has 0 bridgehead atoms. The van der Waals surface area contributed by atoms with Crippen LogP contribution in [0.4, 0.5) is 0 Å². The molecular formula is C8H18OSi. The maximum Gasteiger partial charge on any atom is 0.0716 e. The Hall–Kier alpha value is -0.0831. The second-order valence-electron chi connectivity index (χ2n) is 3.68. The molecule has 0 spiro atoms. The molecule has 0 radical (unpaired) electrons. The van der Waals surface area contributed by atoms with Gasteiger partial charge in [0, 0.05) is 6.61 Å². The SMILES string of the molecule is C=C(CCCO)[Si](C)(C)C. The van der Waals surface area contributed by atoms with Gasteiger partial charge in [-0.15, -0.1) is 6.58 Å². The van der Waals surface area contributed by atoms with E-state index < -0.39 is 8.07 Å². The lowest BCUT2D eigenvalue weighted by atomic mass is 10.3. The molecule has 1 nitrogen and oxygen atoms in total. The smallest absolute Gasteiger partial charge is 0.0716 e. The second kappa shape index (κ2) is 3.94. The third-order valence-corrected chi connectivity index (χ3v) is 4.07. The summed E-state index contributed by atoms with van der Waals surface area (Å²) in [6.07, 6.45) is 1.88. The fourth-order valence-electron chi connectivity index (χ4n) is 0.667. The first-order valence-corrected chi connectivity index (χ1v) is 7.27. The van der Waals surface area contributed by atoms with Gasteiger partial charge in [-0.05, 0) is 12.8 Å². The molecule has 0 aromatic rings. The highest BCUT2D eigenvalue weighted by Gasteiger charge is 2.16. The molecule has 10 heavy (non-hydrogen) atoms. The van der Waals surface area contributed by atoms with Crippen LogP contribution in [-0.4, -0.2) is 19.8 Å². The third-order valence-electron chi connectivity index (χ3n) is 1.70. The molecule has 2 heteroatoms. The van der Waals surface area contributed by atoms with Crippen LogP contribution in [0.3, 0.4) is 0 Å². The fraction of sp³-hybridized carbons (Fsp3) is 0.750. The lowest BCUT2D eigenvalue weighted by Gasteiger charge is -2.18. The largest absolute Gasteiger partial charge is 0.396 e. The van der Waals surface area contributed by atoms with Crippen molar-refractivity contribution in [1.29, 1.82) is 0 Å². The maximum atomic E-state index is 8.56. The second-order valence-corrected chi connectivity index (χ2v) is 8.89. The van der Waals surface area contributed by atoms with E-state index in [2.05, 4.69) is 26.2 Å². The Labute approximate surface area is 64.8 Å². The zero-order chi connectivity index (χ0) is 8.20. The van der Waals surface area contributed by atoms with Crippen molar-refractivity contribution < 1.29 is 5.11 Å². The predicted octanol–water partition coefficient (Wildman–Crippen LogP) is 2.19. The van der Waals surface area contributed by atoms with Gasteiger partial charge < -0.3 is 5.11 Å². The molecule has 0 atom stereocenters. The average molecular weight is 158 g/mol. The number of rotatable bonds is 4. The summed E-state index contributed by atoms with van der Waals surface area (Å²) < 4.78 is 0. The normalized spacial score (nSPS) is 11.6. The number of hydrogen-bond acceptors (Lipinski definition) is 1. The van der Waals surface area contributed by atoms with Crippen LogP contribution in [0.1, 0.15) is 12.8 Å². The Balaban J connectivity index is 3.64.